The quantitative estimate of drug-likeness (QED) is 0.649. The van der Waals surface area contributed by atoms with Gasteiger partial charge in [0, 0.05) is 32.0 Å². The monoisotopic (exact) mass is 405 g/mol. The summed E-state index contributed by atoms with van der Waals surface area (Å²) in [4.78, 5) is 28.6. The predicted molar refractivity (Wildman–Crippen MR) is 116 cm³/mol. The van der Waals surface area contributed by atoms with Gasteiger partial charge in [-0.15, -0.1) is 0 Å². The number of carbonyl (C=O) groups excluding carboxylic acids is 1. The third kappa shape index (κ3) is 4.67. The lowest BCUT2D eigenvalue weighted by Gasteiger charge is -2.33. The molecule has 4 rings (SSSR count). The molecular formula is C23H27N5O2. The molecule has 1 aromatic carbocycles. The molecule has 0 aliphatic carbocycles. The molecule has 2 aromatic heterocycles. The van der Waals surface area contributed by atoms with E-state index in [1.807, 2.05) is 36.4 Å². The predicted octanol–water partition coefficient (Wildman–Crippen LogP) is 3.35. The molecule has 0 spiro atoms. The zero-order valence-corrected chi connectivity index (χ0v) is 17.3. The maximum absolute atomic E-state index is 12.8. The Kier molecular flexibility index (Phi) is 6.37. The van der Waals surface area contributed by atoms with Crippen molar-refractivity contribution >= 4 is 22.8 Å². The number of carbonyl (C=O) groups is 1. The molecule has 156 valence electrons. The lowest BCUT2D eigenvalue weighted by atomic mass is 9.97. The van der Waals surface area contributed by atoms with E-state index in [0.29, 0.717) is 25.6 Å². The summed E-state index contributed by atoms with van der Waals surface area (Å²) in [5.41, 5.74) is 2.64. The summed E-state index contributed by atoms with van der Waals surface area (Å²) in [6, 6.07) is 11.6. The SMILES string of the molecule is CCCOc1nc2ccccc2nc1N1CCC[C@@H](C(=O)NCc2cccnc2)C1. The maximum atomic E-state index is 12.8. The van der Waals surface area contributed by atoms with Crippen LogP contribution in [0.5, 0.6) is 5.88 Å². The number of amides is 1. The van der Waals surface area contributed by atoms with Gasteiger partial charge in [-0.3, -0.25) is 9.78 Å². The van der Waals surface area contributed by atoms with Gasteiger partial charge in [0.2, 0.25) is 5.91 Å². The molecule has 1 aliphatic heterocycles. The standard InChI is InChI=1S/C23H27N5O2/c1-2-13-30-23-21(26-19-9-3-4-10-20(19)27-23)28-12-6-8-18(16-28)22(29)25-15-17-7-5-11-24-14-17/h3-5,7,9-11,14,18H,2,6,8,12-13,15-16H2,1H3,(H,25,29)/t18-/m1/s1. The van der Waals surface area contributed by atoms with E-state index < -0.39 is 0 Å². The zero-order chi connectivity index (χ0) is 20.8. The number of hydrogen-bond acceptors (Lipinski definition) is 6. The van der Waals surface area contributed by atoms with Crippen LogP contribution in [0.15, 0.2) is 48.8 Å². The molecule has 1 fully saturated rings. The van der Waals surface area contributed by atoms with Crippen molar-refractivity contribution in [2.45, 2.75) is 32.7 Å². The zero-order valence-electron chi connectivity index (χ0n) is 17.3. The number of anilines is 1. The molecule has 3 aromatic rings. The van der Waals surface area contributed by atoms with E-state index in [0.717, 1.165) is 48.2 Å². The summed E-state index contributed by atoms with van der Waals surface area (Å²) in [6.45, 7) is 4.58. The van der Waals surface area contributed by atoms with Crippen molar-refractivity contribution in [1.82, 2.24) is 20.3 Å². The minimum Gasteiger partial charge on any atom is -0.475 e. The Bertz CT molecular complexity index is 995. The van der Waals surface area contributed by atoms with Crippen molar-refractivity contribution in [3.8, 4) is 5.88 Å². The Hall–Kier alpha value is -3.22. The third-order valence-corrected chi connectivity index (χ3v) is 5.25. The fourth-order valence-electron chi connectivity index (χ4n) is 3.70. The van der Waals surface area contributed by atoms with Gasteiger partial charge < -0.3 is 15.0 Å². The summed E-state index contributed by atoms with van der Waals surface area (Å²) in [7, 11) is 0. The summed E-state index contributed by atoms with van der Waals surface area (Å²) in [5, 5.41) is 3.05. The van der Waals surface area contributed by atoms with Gasteiger partial charge >= 0.3 is 0 Å². The Morgan fingerprint density at radius 2 is 2.03 bits per heavy atom. The van der Waals surface area contributed by atoms with E-state index in [4.69, 9.17) is 14.7 Å². The number of pyridine rings is 1. The van der Waals surface area contributed by atoms with Crippen LogP contribution in [0.4, 0.5) is 5.82 Å². The van der Waals surface area contributed by atoms with Gasteiger partial charge in [0.1, 0.15) is 0 Å². The number of piperidine rings is 1. The number of hydrogen-bond donors (Lipinski definition) is 1. The van der Waals surface area contributed by atoms with Crippen molar-refractivity contribution in [3.63, 3.8) is 0 Å². The van der Waals surface area contributed by atoms with Crippen molar-refractivity contribution < 1.29 is 9.53 Å². The van der Waals surface area contributed by atoms with E-state index in [2.05, 4.69) is 22.1 Å². The summed E-state index contributed by atoms with van der Waals surface area (Å²) >= 11 is 0. The second kappa shape index (κ2) is 9.52. The average molecular weight is 406 g/mol. The highest BCUT2D eigenvalue weighted by Gasteiger charge is 2.28. The number of nitrogens with zero attached hydrogens (tertiary/aromatic N) is 4. The molecule has 1 amide bonds. The number of fused-ring (bicyclic) bond motifs is 1. The second-order valence-electron chi connectivity index (χ2n) is 7.55. The molecule has 1 aliphatic rings. The van der Waals surface area contributed by atoms with Crippen molar-refractivity contribution in [1.29, 1.82) is 0 Å². The molecule has 1 atom stereocenters. The smallest absolute Gasteiger partial charge is 0.258 e. The molecule has 7 nitrogen and oxygen atoms in total. The van der Waals surface area contributed by atoms with Crippen LogP contribution in [0.1, 0.15) is 31.7 Å². The molecule has 0 radical (unpaired) electrons. The Labute approximate surface area is 176 Å². The molecular weight excluding hydrogens is 378 g/mol. The number of aromatic nitrogens is 3. The van der Waals surface area contributed by atoms with Crippen LogP contribution in [0.2, 0.25) is 0 Å². The summed E-state index contributed by atoms with van der Waals surface area (Å²) in [6.07, 6.45) is 6.18. The van der Waals surface area contributed by atoms with E-state index in [1.165, 1.54) is 0 Å². The fraction of sp³-hybridized carbons (Fsp3) is 0.391. The van der Waals surface area contributed by atoms with Crippen LogP contribution in [-0.2, 0) is 11.3 Å². The lowest BCUT2D eigenvalue weighted by Crippen LogP contribution is -2.43. The highest BCUT2D eigenvalue weighted by Crippen LogP contribution is 2.30. The second-order valence-corrected chi connectivity index (χ2v) is 7.55. The first-order chi connectivity index (χ1) is 14.7. The molecule has 1 N–H and O–H groups in total. The van der Waals surface area contributed by atoms with Crippen molar-refractivity contribution in [3.05, 3.63) is 54.4 Å². The topological polar surface area (TPSA) is 80.2 Å². The van der Waals surface area contributed by atoms with Crippen LogP contribution >= 0.6 is 0 Å². The highest BCUT2D eigenvalue weighted by atomic mass is 16.5. The lowest BCUT2D eigenvalue weighted by molar-refractivity contribution is -0.125. The molecule has 0 unspecified atom stereocenters. The van der Waals surface area contributed by atoms with Gasteiger partial charge in [-0.05, 0) is 43.0 Å². The highest BCUT2D eigenvalue weighted by molar-refractivity contribution is 5.80. The van der Waals surface area contributed by atoms with Gasteiger partial charge in [-0.25, -0.2) is 9.97 Å². The number of ether oxygens (including phenoxy) is 1. The summed E-state index contributed by atoms with van der Waals surface area (Å²) < 4.78 is 5.93. The van der Waals surface area contributed by atoms with Crippen molar-refractivity contribution in [2.75, 3.05) is 24.6 Å². The first-order valence-corrected chi connectivity index (χ1v) is 10.6. The molecule has 0 bridgehead atoms. The van der Waals surface area contributed by atoms with Gasteiger partial charge in [0.05, 0.1) is 23.6 Å². The van der Waals surface area contributed by atoms with Crippen LogP contribution in [0, 0.1) is 5.92 Å². The van der Waals surface area contributed by atoms with Gasteiger partial charge in [-0.2, -0.15) is 0 Å². The number of nitrogens with one attached hydrogen (secondary N) is 1. The first kappa shape index (κ1) is 20.1. The number of benzene rings is 1. The number of rotatable bonds is 7. The van der Waals surface area contributed by atoms with Crippen LogP contribution in [0.3, 0.4) is 0 Å². The Morgan fingerprint density at radius 1 is 1.20 bits per heavy atom. The van der Waals surface area contributed by atoms with E-state index in [-0.39, 0.29) is 11.8 Å². The largest absolute Gasteiger partial charge is 0.475 e. The molecule has 3 heterocycles. The normalized spacial score (nSPS) is 16.4. The Balaban J connectivity index is 1.50. The summed E-state index contributed by atoms with van der Waals surface area (Å²) in [5.74, 6) is 1.25. The van der Waals surface area contributed by atoms with E-state index in [1.54, 1.807) is 12.4 Å². The molecule has 1 saturated heterocycles. The minimum absolute atomic E-state index is 0.0633. The maximum Gasteiger partial charge on any atom is 0.258 e. The minimum atomic E-state index is -0.0947. The van der Waals surface area contributed by atoms with Crippen LogP contribution in [-0.4, -0.2) is 40.6 Å². The van der Waals surface area contributed by atoms with E-state index >= 15 is 0 Å². The Morgan fingerprint density at radius 3 is 2.80 bits per heavy atom. The number of para-hydroxylation sites is 2. The van der Waals surface area contributed by atoms with Gasteiger partial charge in [-0.1, -0.05) is 25.1 Å². The van der Waals surface area contributed by atoms with Crippen LogP contribution < -0.4 is 15.0 Å². The molecule has 0 saturated carbocycles. The van der Waals surface area contributed by atoms with Gasteiger partial charge in [0.15, 0.2) is 5.82 Å². The van der Waals surface area contributed by atoms with Crippen molar-refractivity contribution in [2.24, 2.45) is 5.92 Å². The first-order valence-electron chi connectivity index (χ1n) is 10.6. The van der Waals surface area contributed by atoms with Crippen LogP contribution in [0.25, 0.3) is 11.0 Å². The molecule has 7 heteroatoms. The van der Waals surface area contributed by atoms with Gasteiger partial charge in [0.25, 0.3) is 5.88 Å². The average Bonchev–Trinajstić information content (AvgIpc) is 2.81. The van der Waals surface area contributed by atoms with E-state index in [9.17, 15) is 4.79 Å². The fourth-order valence-corrected chi connectivity index (χ4v) is 3.70. The third-order valence-electron chi connectivity index (χ3n) is 5.25. The molecule has 30 heavy (non-hydrogen) atoms.